The third kappa shape index (κ3) is 2.38. The second kappa shape index (κ2) is 5.77. The highest BCUT2D eigenvalue weighted by Gasteiger charge is 2.32. The Bertz CT molecular complexity index is 784. The van der Waals surface area contributed by atoms with Crippen LogP contribution in [-0.2, 0) is 6.54 Å². The molecule has 8 heteroatoms. The zero-order chi connectivity index (χ0) is 16.7. The largest absolute Gasteiger partial charge is 0.474 e. The first-order chi connectivity index (χ1) is 11.6. The summed E-state index contributed by atoms with van der Waals surface area (Å²) in [6.07, 6.45) is 0. The fourth-order valence-electron chi connectivity index (χ4n) is 3.09. The van der Waals surface area contributed by atoms with Crippen molar-refractivity contribution in [1.82, 2.24) is 14.7 Å². The van der Waals surface area contributed by atoms with Crippen LogP contribution in [0.2, 0.25) is 0 Å². The summed E-state index contributed by atoms with van der Waals surface area (Å²) in [6.45, 7) is 2.55. The van der Waals surface area contributed by atoms with Gasteiger partial charge in [-0.1, -0.05) is 12.1 Å². The molecule has 1 aromatic carbocycles. The molecule has 0 atom stereocenters. The van der Waals surface area contributed by atoms with Crippen LogP contribution in [0.25, 0.3) is 0 Å². The van der Waals surface area contributed by atoms with Crippen molar-refractivity contribution in [2.75, 3.05) is 37.7 Å². The Labute approximate surface area is 137 Å². The van der Waals surface area contributed by atoms with Gasteiger partial charge in [-0.15, -0.1) is 0 Å². The summed E-state index contributed by atoms with van der Waals surface area (Å²) in [5.74, 6) is -1.41. The second-order valence-corrected chi connectivity index (χ2v) is 5.77. The van der Waals surface area contributed by atoms with Gasteiger partial charge in [0.15, 0.2) is 5.69 Å². The summed E-state index contributed by atoms with van der Waals surface area (Å²) in [7, 11) is 0. The van der Waals surface area contributed by atoms with Gasteiger partial charge >= 0.3 is 0 Å². The van der Waals surface area contributed by atoms with Crippen molar-refractivity contribution in [3.05, 3.63) is 41.6 Å². The molecule has 1 saturated heterocycles. The van der Waals surface area contributed by atoms with Gasteiger partial charge in [0.05, 0.1) is 12.2 Å². The van der Waals surface area contributed by atoms with Crippen molar-refractivity contribution in [1.29, 1.82) is 0 Å². The van der Waals surface area contributed by atoms with Crippen molar-refractivity contribution < 1.29 is 18.3 Å². The van der Waals surface area contributed by atoms with Crippen molar-refractivity contribution in [3.63, 3.8) is 0 Å². The molecule has 0 bridgehead atoms. The van der Waals surface area contributed by atoms with Gasteiger partial charge < -0.3 is 14.5 Å². The van der Waals surface area contributed by atoms with Crippen LogP contribution >= 0.6 is 0 Å². The third-order valence-electron chi connectivity index (χ3n) is 4.36. The van der Waals surface area contributed by atoms with Crippen LogP contribution < -0.4 is 9.64 Å². The standard InChI is InChI=1S/C16H16F2N4O2/c17-11-3-1-2-4-12(11)20-5-7-21(8-6-20)15(23)14-13(18)16-22(19-14)9-10-24-16/h1-4H,5-10H2. The van der Waals surface area contributed by atoms with E-state index in [4.69, 9.17) is 4.74 Å². The number of hydrogen-bond donors (Lipinski definition) is 0. The number of amides is 1. The van der Waals surface area contributed by atoms with E-state index >= 15 is 0 Å². The SMILES string of the molecule is O=C(c1nn2c(c1F)OCC2)N1CCN(c2ccccc2F)CC1. The van der Waals surface area contributed by atoms with Gasteiger partial charge in [-0.05, 0) is 12.1 Å². The number of ether oxygens (including phenoxy) is 1. The number of halogens is 2. The Balaban J connectivity index is 1.46. The number of fused-ring (bicyclic) bond motifs is 1. The monoisotopic (exact) mass is 334 g/mol. The molecule has 1 fully saturated rings. The predicted octanol–water partition coefficient (Wildman–Crippen LogP) is 1.52. The van der Waals surface area contributed by atoms with E-state index < -0.39 is 11.7 Å². The fourth-order valence-corrected chi connectivity index (χ4v) is 3.09. The average molecular weight is 334 g/mol. The number of rotatable bonds is 2. The van der Waals surface area contributed by atoms with Gasteiger partial charge in [0, 0.05) is 26.2 Å². The van der Waals surface area contributed by atoms with E-state index in [1.165, 1.54) is 10.7 Å². The minimum atomic E-state index is -0.700. The number of nitrogens with zero attached hydrogens (tertiary/aromatic N) is 4. The number of benzene rings is 1. The maximum absolute atomic E-state index is 14.2. The van der Waals surface area contributed by atoms with Crippen molar-refractivity contribution in [2.45, 2.75) is 6.54 Å². The molecule has 0 saturated carbocycles. The number of para-hydroxylation sites is 1. The Hall–Kier alpha value is -2.64. The lowest BCUT2D eigenvalue weighted by Crippen LogP contribution is -2.49. The summed E-state index contributed by atoms with van der Waals surface area (Å²) in [6, 6.07) is 6.54. The number of hydrogen-bond acceptors (Lipinski definition) is 4. The lowest BCUT2D eigenvalue weighted by atomic mass is 10.2. The van der Waals surface area contributed by atoms with E-state index in [2.05, 4.69) is 5.10 Å². The van der Waals surface area contributed by atoms with Gasteiger partial charge in [-0.25, -0.2) is 9.07 Å². The van der Waals surface area contributed by atoms with Crippen LogP contribution in [0.3, 0.4) is 0 Å². The maximum atomic E-state index is 14.2. The maximum Gasteiger partial charge on any atom is 0.277 e. The molecule has 4 rings (SSSR count). The smallest absolute Gasteiger partial charge is 0.277 e. The molecular weight excluding hydrogens is 318 g/mol. The Morgan fingerprint density at radius 1 is 1.08 bits per heavy atom. The highest BCUT2D eigenvalue weighted by atomic mass is 19.1. The molecule has 0 N–H and O–H groups in total. The number of anilines is 1. The topological polar surface area (TPSA) is 50.6 Å². The highest BCUT2D eigenvalue weighted by molar-refractivity contribution is 5.93. The summed E-state index contributed by atoms with van der Waals surface area (Å²) in [5, 5.41) is 4.01. The lowest BCUT2D eigenvalue weighted by Gasteiger charge is -2.35. The number of piperazine rings is 1. The normalized spacial score (nSPS) is 16.9. The van der Waals surface area contributed by atoms with Gasteiger partial charge in [-0.3, -0.25) is 4.79 Å². The quantitative estimate of drug-likeness (QED) is 0.836. The minimum absolute atomic E-state index is 0.0309. The van der Waals surface area contributed by atoms with Crippen LogP contribution in [-0.4, -0.2) is 53.4 Å². The van der Waals surface area contributed by atoms with Crippen LogP contribution in [0.15, 0.2) is 24.3 Å². The van der Waals surface area contributed by atoms with Gasteiger partial charge in [-0.2, -0.15) is 9.49 Å². The van der Waals surface area contributed by atoms with E-state index in [0.29, 0.717) is 45.0 Å². The van der Waals surface area contributed by atoms with E-state index in [0.717, 1.165) is 0 Å². The van der Waals surface area contributed by atoms with Crippen LogP contribution in [0, 0.1) is 11.6 Å². The van der Waals surface area contributed by atoms with E-state index in [1.54, 1.807) is 23.1 Å². The van der Waals surface area contributed by atoms with Crippen molar-refractivity contribution in [3.8, 4) is 5.88 Å². The van der Waals surface area contributed by atoms with Crippen LogP contribution in [0.5, 0.6) is 5.88 Å². The van der Waals surface area contributed by atoms with E-state index in [1.807, 2.05) is 4.90 Å². The molecule has 3 heterocycles. The Kier molecular flexibility index (Phi) is 3.59. The molecule has 126 valence electrons. The van der Waals surface area contributed by atoms with Crippen LogP contribution in [0.1, 0.15) is 10.5 Å². The molecule has 0 radical (unpaired) electrons. The highest BCUT2D eigenvalue weighted by Crippen LogP contribution is 2.26. The fraction of sp³-hybridized carbons (Fsp3) is 0.375. The molecule has 24 heavy (non-hydrogen) atoms. The van der Waals surface area contributed by atoms with E-state index in [9.17, 15) is 13.6 Å². The predicted molar refractivity (Wildman–Crippen MR) is 82.2 cm³/mol. The molecule has 0 spiro atoms. The zero-order valence-electron chi connectivity index (χ0n) is 12.9. The minimum Gasteiger partial charge on any atom is -0.474 e. The average Bonchev–Trinajstić information content (AvgIpc) is 3.18. The number of carbonyl (C=O) groups excluding carboxylic acids is 1. The third-order valence-corrected chi connectivity index (χ3v) is 4.36. The first-order valence-electron chi connectivity index (χ1n) is 7.83. The first-order valence-corrected chi connectivity index (χ1v) is 7.83. The molecule has 1 aromatic heterocycles. The number of aromatic nitrogens is 2. The van der Waals surface area contributed by atoms with Gasteiger partial charge in [0.2, 0.25) is 11.7 Å². The molecule has 1 amide bonds. The van der Waals surface area contributed by atoms with Crippen molar-refractivity contribution >= 4 is 11.6 Å². The molecule has 0 aliphatic carbocycles. The molecule has 2 aliphatic heterocycles. The summed E-state index contributed by atoms with van der Waals surface area (Å²) >= 11 is 0. The van der Waals surface area contributed by atoms with Crippen LogP contribution in [0.4, 0.5) is 14.5 Å². The zero-order valence-corrected chi connectivity index (χ0v) is 12.9. The summed E-state index contributed by atoms with van der Waals surface area (Å²) in [5.41, 5.74) is 0.314. The lowest BCUT2D eigenvalue weighted by molar-refractivity contribution is 0.0734. The molecular formula is C16H16F2N4O2. The Morgan fingerprint density at radius 2 is 1.83 bits per heavy atom. The summed E-state index contributed by atoms with van der Waals surface area (Å²) in [4.78, 5) is 15.9. The summed E-state index contributed by atoms with van der Waals surface area (Å²) < 4.78 is 34.6. The second-order valence-electron chi connectivity index (χ2n) is 5.77. The molecule has 2 aromatic rings. The number of carbonyl (C=O) groups is 1. The first kappa shape index (κ1) is 14.9. The van der Waals surface area contributed by atoms with Gasteiger partial charge in [0.1, 0.15) is 12.4 Å². The molecule has 0 unspecified atom stereocenters. The van der Waals surface area contributed by atoms with Crippen molar-refractivity contribution in [2.24, 2.45) is 0 Å². The molecule has 2 aliphatic rings. The van der Waals surface area contributed by atoms with Gasteiger partial charge in [0.25, 0.3) is 5.91 Å². The van der Waals surface area contributed by atoms with E-state index in [-0.39, 0.29) is 17.4 Å². The Morgan fingerprint density at radius 3 is 2.54 bits per heavy atom. The molecule has 6 nitrogen and oxygen atoms in total.